The number of halogens is 1. The van der Waals surface area contributed by atoms with Gasteiger partial charge in [-0.25, -0.2) is 4.79 Å². The van der Waals surface area contributed by atoms with Gasteiger partial charge in [0.1, 0.15) is 6.23 Å². The van der Waals surface area contributed by atoms with Crippen LogP contribution in [0.5, 0.6) is 0 Å². The van der Waals surface area contributed by atoms with Crippen molar-refractivity contribution in [3.05, 3.63) is 62.7 Å². The lowest BCUT2D eigenvalue weighted by Gasteiger charge is -2.17. The number of hydrogen-bond donors (Lipinski definition) is 1. The maximum atomic E-state index is 13.4. The summed E-state index contributed by atoms with van der Waals surface area (Å²) in [5, 5.41) is 0. The summed E-state index contributed by atoms with van der Waals surface area (Å²) in [5.41, 5.74) is -0.999. The Morgan fingerprint density at radius 1 is 1.14 bits per heavy atom. The Bertz CT molecular complexity index is 999. The summed E-state index contributed by atoms with van der Waals surface area (Å²) in [5.74, 6) is -1.11. The van der Waals surface area contributed by atoms with Gasteiger partial charge in [0.25, 0.3) is 15.7 Å². The molecule has 0 saturated carbocycles. The van der Waals surface area contributed by atoms with E-state index in [1.54, 1.807) is 12.1 Å². The number of nitrogens with one attached hydrogen (secondary N) is 1. The van der Waals surface area contributed by atoms with Gasteiger partial charge in [0.2, 0.25) is 5.82 Å². The van der Waals surface area contributed by atoms with Crippen molar-refractivity contribution in [1.29, 1.82) is 0 Å². The highest BCUT2D eigenvalue weighted by Gasteiger charge is 2.16. The standard InChI is InChI=1S/C17H21FN2O7S/c1-12-3-5-13(6-4-12)28(23,24)27-10-9-26-8-7-15(25-2)20-11-14(18)16(21)19-17(20)22/h3-6,11,15H,7-10H2,1-2H3,(H,19,21,22)/t15-/m0/s1. The molecule has 0 amide bonds. The molecule has 2 aromatic rings. The molecule has 1 aromatic heterocycles. The third kappa shape index (κ3) is 5.83. The average Bonchev–Trinajstić information content (AvgIpc) is 2.65. The summed E-state index contributed by atoms with van der Waals surface area (Å²) in [7, 11) is -2.55. The fourth-order valence-corrected chi connectivity index (χ4v) is 3.20. The first-order valence-corrected chi connectivity index (χ1v) is 9.73. The van der Waals surface area contributed by atoms with Gasteiger partial charge in [-0.3, -0.25) is 18.5 Å². The molecule has 0 fully saturated rings. The summed E-state index contributed by atoms with van der Waals surface area (Å²) < 4.78 is 53.6. The number of methoxy groups -OCH3 is 1. The molecule has 2 rings (SSSR count). The van der Waals surface area contributed by atoms with Gasteiger partial charge in [-0.05, 0) is 19.1 Å². The van der Waals surface area contributed by atoms with Crippen LogP contribution in [-0.2, 0) is 23.8 Å². The third-order valence-corrected chi connectivity index (χ3v) is 5.12. The van der Waals surface area contributed by atoms with Crippen LogP contribution in [0.4, 0.5) is 4.39 Å². The second-order valence-electron chi connectivity index (χ2n) is 5.82. The fourth-order valence-electron chi connectivity index (χ4n) is 2.31. The van der Waals surface area contributed by atoms with E-state index in [4.69, 9.17) is 13.7 Å². The van der Waals surface area contributed by atoms with Crippen molar-refractivity contribution in [2.24, 2.45) is 0 Å². The topological polar surface area (TPSA) is 117 Å². The van der Waals surface area contributed by atoms with Crippen LogP contribution in [-0.4, -0.2) is 44.9 Å². The van der Waals surface area contributed by atoms with Crippen molar-refractivity contribution in [3.63, 3.8) is 0 Å². The van der Waals surface area contributed by atoms with Crippen molar-refractivity contribution in [2.75, 3.05) is 26.9 Å². The van der Waals surface area contributed by atoms with E-state index in [9.17, 15) is 22.4 Å². The molecule has 1 N–H and O–H groups in total. The molecule has 0 aliphatic heterocycles. The summed E-state index contributed by atoms with van der Waals surface area (Å²) in [6.45, 7) is 1.71. The fraction of sp³-hybridized carbons (Fsp3) is 0.412. The van der Waals surface area contributed by atoms with Crippen LogP contribution < -0.4 is 11.2 Å². The lowest BCUT2D eigenvalue weighted by atomic mass is 10.2. The van der Waals surface area contributed by atoms with Crippen molar-refractivity contribution >= 4 is 10.1 Å². The molecular formula is C17H21FN2O7S. The minimum Gasteiger partial charge on any atom is -0.379 e. The van der Waals surface area contributed by atoms with Gasteiger partial charge in [0.05, 0.1) is 30.9 Å². The largest absolute Gasteiger partial charge is 0.379 e. The van der Waals surface area contributed by atoms with E-state index in [1.165, 1.54) is 19.2 Å². The molecule has 154 valence electrons. The molecule has 0 aliphatic rings. The minimum atomic E-state index is -3.87. The molecular weight excluding hydrogens is 395 g/mol. The highest BCUT2D eigenvalue weighted by atomic mass is 32.2. The molecule has 1 heterocycles. The van der Waals surface area contributed by atoms with Crippen molar-refractivity contribution in [1.82, 2.24) is 9.55 Å². The Hall–Kier alpha value is -2.34. The summed E-state index contributed by atoms with van der Waals surface area (Å²) in [6.07, 6.45) is 0.0511. The zero-order valence-electron chi connectivity index (χ0n) is 15.4. The molecule has 0 radical (unpaired) electrons. The zero-order chi connectivity index (χ0) is 20.7. The molecule has 1 atom stereocenters. The van der Waals surface area contributed by atoms with Gasteiger partial charge < -0.3 is 9.47 Å². The Labute approximate surface area is 160 Å². The average molecular weight is 416 g/mol. The quantitative estimate of drug-likeness (QED) is 0.453. The van der Waals surface area contributed by atoms with Crippen molar-refractivity contribution in [3.8, 4) is 0 Å². The molecule has 0 saturated heterocycles. The maximum absolute atomic E-state index is 13.4. The molecule has 1 aromatic carbocycles. The van der Waals surface area contributed by atoms with Gasteiger partial charge in [-0.2, -0.15) is 12.8 Å². The number of rotatable bonds is 10. The number of aromatic nitrogens is 2. The number of ether oxygens (including phenoxy) is 2. The molecule has 0 bridgehead atoms. The van der Waals surface area contributed by atoms with Crippen LogP contribution in [0.25, 0.3) is 0 Å². The third-order valence-electron chi connectivity index (χ3n) is 3.79. The second kappa shape index (κ2) is 9.73. The van der Waals surface area contributed by atoms with Crippen molar-refractivity contribution < 1.29 is 26.5 Å². The first kappa shape index (κ1) is 22.0. The Morgan fingerprint density at radius 2 is 1.82 bits per heavy atom. The van der Waals surface area contributed by atoms with Crippen LogP contribution in [0.2, 0.25) is 0 Å². The van der Waals surface area contributed by atoms with Gasteiger partial charge in [0.15, 0.2) is 0 Å². The summed E-state index contributed by atoms with van der Waals surface area (Å²) in [6, 6.07) is 6.24. The van der Waals surface area contributed by atoms with E-state index in [0.29, 0.717) is 0 Å². The van der Waals surface area contributed by atoms with E-state index in [-0.39, 0.29) is 31.1 Å². The van der Waals surface area contributed by atoms with Crippen LogP contribution in [0.1, 0.15) is 18.2 Å². The number of nitrogens with zero attached hydrogens (tertiary/aromatic N) is 1. The number of benzene rings is 1. The summed E-state index contributed by atoms with van der Waals surface area (Å²) >= 11 is 0. The van der Waals surface area contributed by atoms with Crippen molar-refractivity contribution in [2.45, 2.75) is 24.5 Å². The van der Waals surface area contributed by atoms with Crippen LogP contribution >= 0.6 is 0 Å². The lowest BCUT2D eigenvalue weighted by Crippen LogP contribution is -2.34. The predicted octanol–water partition coefficient (Wildman–Crippen LogP) is 0.941. The zero-order valence-corrected chi connectivity index (χ0v) is 16.2. The predicted molar refractivity (Wildman–Crippen MR) is 97.1 cm³/mol. The summed E-state index contributed by atoms with van der Waals surface area (Å²) in [4.78, 5) is 24.7. The van der Waals surface area contributed by atoms with E-state index < -0.39 is 33.4 Å². The lowest BCUT2D eigenvalue weighted by molar-refractivity contribution is 0.00102. The van der Waals surface area contributed by atoms with E-state index in [1.807, 2.05) is 11.9 Å². The van der Waals surface area contributed by atoms with E-state index in [0.717, 1.165) is 16.3 Å². The van der Waals surface area contributed by atoms with Gasteiger partial charge in [-0.1, -0.05) is 17.7 Å². The molecule has 0 spiro atoms. The Kier molecular flexibility index (Phi) is 7.63. The first-order valence-electron chi connectivity index (χ1n) is 8.32. The van der Waals surface area contributed by atoms with Gasteiger partial charge >= 0.3 is 5.69 Å². The molecule has 0 unspecified atom stereocenters. The Morgan fingerprint density at radius 3 is 2.46 bits per heavy atom. The minimum absolute atomic E-state index is 0.0175. The number of aryl methyl sites for hydroxylation is 1. The maximum Gasteiger partial charge on any atom is 0.330 e. The molecule has 0 aliphatic carbocycles. The number of H-pyrrole nitrogens is 1. The van der Waals surface area contributed by atoms with Crippen LogP contribution in [0, 0.1) is 12.7 Å². The highest BCUT2D eigenvalue weighted by Crippen LogP contribution is 2.13. The number of hydrogen-bond acceptors (Lipinski definition) is 7. The number of aromatic amines is 1. The van der Waals surface area contributed by atoms with E-state index >= 15 is 0 Å². The SMILES string of the molecule is CO[C@@H](CCOCCOS(=O)(=O)c1ccc(C)cc1)n1cc(F)c(=O)[nH]c1=O. The van der Waals surface area contributed by atoms with Gasteiger partial charge in [-0.15, -0.1) is 0 Å². The van der Waals surface area contributed by atoms with Crippen LogP contribution in [0.15, 0.2) is 44.9 Å². The van der Waals surface area contributed by atoms with E-state index in [2.05, 4.69) is 0 Å². The molecule has 11 heteroatoms. The van der Waals surface area contributed by atoms with Gasteiger partial charge in [0, 0.05) is 13.5 Å². The Balaban J connectivity index is 1.80. The smallest absolute Gasteiger partial charge is 0.330 e. The monoisotopic (exact) mass is 416 g/mol. The van der Waals surface area contributed by atoms with Crippen LogP contribution in [0.3, 0.4) is 0 Å². The first-order chi connectivity index (χ1) is 13.2. The molecule has 28 heavy (non-hydrogen) atoms. The normalized spacial score (nSPS) is 12.8. The molecule has 9 nitrogen and oxygen atoms in total. The second-order valence-corrected chi connectivity index (χ2v) is 7.44. The highest BCUT2D eigenvalue weighted by molar-refractivity contribution is 7.86.